The molecule has 0 saturated carbocycles. The van der Waals surface area contributed by atoms with Crippen molar-refractivity contribution in [2.24, 2.45) is 0 Å². The Morgan fingerprint density at radius 3 is 2.63 bits per heavy atom. The summed E-state index contributed by atoms with van der Waals surface area (Å²) >= 11 is 1.54. The maximum absolute atomic E-state index is 12.4. The van der Waals surface area contributed by atoms with Gasteiger partial charge in [-0.1, -0.05) is 38.3 Å². The van der Waals surface area contributed by atoms with Gasteiger partial charge in [0.1, 0.15) is 12.8 Å². The van der Waals surface area contributed by atoms with E-state index in [0.717, 1.165) is 61.1 Å². The highest BCUT2D eigenvalue weighted by molar-refractivity contribution is 7.14. The third-order valence-corrected chi connectivity index (χ3v) is 6.72. The number of anilines is 1. The fraction of sp³-hybridized carbons (Fsp3) is 0.500. The Morgan fingerprint density at radius 2 is 1.97 bits per heavy atom. The van der Waals surface area contributed by atoms with E-state index in [1.807, 2.05) is 36.4 Å². The summed E-state index contributed by atoms with van der Waals surface area (Å²) < 4.78 is 5.73. The fourth-order valence-corrected chi connectivity index (χ4v) is 4.70. The van der Waals surface area contributed by atoms with Crippen LogP contribution in [0.3, 0.4) is 0 Å². The minimum atomic E-state index is -0.461. The molecule has 1 amide bonds. The van der Waals surface area contributed by atoms with E-state index in [1.165, 1.54) is 16.2 Å². The third kappa shape index (κ3) is 5.78. The molecule has 1 aliphatic rings. The van der Waals surface area contributed by atoms with Crippen LogP contribution in [-0.4, -0.2) is 29.6 Å². The van der Waals surface area contributed by atoms with Gasteiger partial charge in [-0.25, -0.2) is 0 Å². The zero-order valence-electron chi connectivity index (χ0n) is 17.8. The molecule has 2 atom stereocenters. The first-order valence-electron chi connectivity index (χ1n) is 10.8. The number of aryl methyl sites for hydroxylation is 1. The van der Waals surface area contributed by atoms with Gasteiger partial charge >= 0.3 is 0 Å². The normalized spacial score (nSPS) is 17.5. The molecule has 5 nitrogen and oxygen atoms in total. The van der Waals surface area contributed by atoms with Gasteiger partial charge in [0, 0.05) is 10.6 Å². The van der Waals surface area contributed by atoms with Gasteiger partial charge in [0.15, 0.2) is 5.78 Å². The Morgan fingerprint density at radius 1 is 1.20 bits per heavy atom. The predicted molar refractivity (Wildman–Crippen MR) is 120 cm³/mol. The molecule has 2 heterocycles. The molecule has 0 spiro atoms. The Labute approximate surface area is 182 Å². The smallest absolute Gasteiger partial charge is 0.255 e. The number of unbranched alkanes of at least 4 members (excludes halogenated alkanes) is 2. The Bertz CT molecular complexity index is 845. The molecule has 1 saturated heterocycles. The number of amides is 1. The van der Waals surface area contributed by atoms with E-state index in [2.05, 4.69) is 6.92 Å². The molecule has 162 valence electrons. The monoisotopic (exact) mass is 429 g/mol. The van der Waals surface area contributed by atoms with Crippen LogP contribution >= 0.6 is 11.3 Å². The summed E-state index contributed by atoms with van der Waals surface area (Å²) in [5.41, 5.74) is 1.69. The van der Waals surface area contributed by atoms with Gasteiger partial charge in [-0.15, -0.1) is 11.3 Å². The van der Waals surface area contributed by atoms with Gasteiger partial charge in [-0.3, -0.25) is 14.5 Å². The molecular formula is C24H31NO4S. The van der Waals surface area contributed by atoms with Crippen molar-refractivity contribution in [1.82, 2.24) is 0 Å². The number of nitrogens with zero attached hydrogens (tertiary/aromatic N) is 1. The van der Waals surface area contributed by atoms with Crippen molar-refractivity contribution in [2.45, 2.75) is 71.1 Å². The third-order valence-electron chi connectivity index (χ3n) is 5.48. The van der Waals surface area contributed by atoms with Crippen LogP contribution in [0.25, 0.3) is 0 Å². The summed E-state index contributed by atoms with van der Waals surface area (Å²) in [6.45, 7) is 3.83. The maximum Gasteiger partial charge on any atom is 0.255 e. The number of carbonyl (C=O) groups excluding carboxylic acids is 2. The van der Waals surface area contributed by atoms with Crippen molar-refractivity contribution in [3.8, 4) is 0 Å². The Balaban J connectivity index is 1.56. The lowest BCUT2D eigenvalue weighted by atomic mass is 10.0. The number of hydrogen-bond acceptors (Lipinski definition) is 5. The van der Waals surface area contributed by atoms with Crippen LogP contribution in [0, 0.1) is 0 Å². The van der Waals surface area contributed by atoms with Crippen LogP contribution in [0.4, 0.5) is 5.69 Å². The van der Waals surface area contributed by atoms with Crippen molar-refractivity contribution >= 4 is 28.7 Å². The number of ether oxygens (including phenoxy) is 1. The van der Waals surface area contributed by atoms with Gasteiger partial charge in [0.25, 0.3) is 5.91 Å². The molecule has 6 heteroatoms. The molecular weight excluding hydrogens is 398 g/mol. The molecule has 0 aliphatic carbocycles. The molecule has 1 aromatic heterocycles. The molecule has 2 aromatic rings. The van der Waals surface area contributed by atoms with Crippen LogP contribution in [0.2, 0.25) is 0 Å². The molecule has 30 heavy (non-hydrogen) atoms. The number of thiophene rings is 1. The lowest BCUT2D eigenvalue weighted by molar-refractivity contribution is -0.117. The number of aliphatic hydroxyl groups excluding tert-OH is 1. The van der Waals surface area contributed by atoms with E-state index in [0.29, 0.717) is 0 Å². The topological polar surface area (TPSA) is 66.8 Å². The second kappa shape index (κ2) is 10.8. The minimum Gasteiger partial charge on any atom is -0.388 e. The Hall–Kier alpha value is -2.02. The van der Waals surface area contributed by atoms with Gasteiger partial charge in [0.05, 0.1) is 11.0 Å². The van der Waals surface area contributed by atoms with E-state index in [9.17, 15) is 14.7 Å². The zero-order chi connectivity index (χ0) is 21.5. The van der Waals surface area contributed by atoms with Crippen LogP contribution < -0.4 is 4.90 Å². The quantitative estimate of drug-likeness (QED) is 0.390. The first-order valence-corrected chi connectivity index (χ1v) is 11.6. The number of Topliss-reactive ketones (excluding diaryl/α,β-unsaturated/α-hetero) is 1. The van der Waals surface area contributed by atoms with Crippen LogP contribution in [0.5, 0.6) is 0 Å². The second-order valence-corrected chi connectivity index (χ2v) is 9.02. The van der Waals surface area contributed by atoms with Gasteiger partial charge in [0.2, 0.25) is 0 Å². The number of aliphatic hydroxyl groups is 1. The minimum absolute atomic E-state index is 0.0359. The van der Waals surface area contributed by atoms with Gasteiger partial charge < -0.3 is 9.84 Å². The number of carbonyl (C=O) groups is 2. The number of ketones is 1. The summed E-state index contributed by atoms with van der Waals surface area (Å²) in [5.74, 6) is 0.0623. The predicted octanol–water partition coefficient (Wildman–Crippen LogP) is 5.28. The highest BCUT2D eigenvalue weighted by Gasteiger charge is 2.32. The van der Waals surface area contributed by atoms with Crippen molar-refractivity contribution in [2.75, 3.05) is 11.5 Å². The van der Waals surface area contributed by atoms with E-state index < -0.39 is 6.10 Å². The largest absolute Gasteiger partial charge is 0.388 e. The van der Waals surface area contributed by atoms with E-state index in [-0.39, 0.29) is 24.5 Å². The molecule has 0 radical (unpaired) electrons. The molecule has 0 unspecified atom stereocenters. The molecule has 1 N–H and O–H groups in total. The Kier molecular flexibility index (Phi) is 8.19. The molecule has 1 aliphatic heterocycles. The van der Waals surface area contributed by atoms with E-state index in [4.69, 9.17) is 4.74 Å². The van der Waals surface area contributed by atoms with Crippen molar-refractivity contribution < 1.29 is 19.4 Å². The first kappa shape index (κ1) is 22.7. The van der Waals surface area contributed by atoms with E-state index in [1.54, 1.807) is 11.8 Å². The van der Waals surface area contributed by atoms with Crippen LogP contribution in [0.15, 0.2) is 36.4 Å². The lowest BCUT2D eigenvalue weighted by Gasteiger charge is -2.23. The molecule has 0 bridgehead atoms. The summed E-state index contributed by atoms with van der Waals surface area (Å²) in [7, 11) is 0. The van der Waals surface area contributed by atoms with Crippen molar-refractivity contribution in [3.05, 3.63) is 51.7 Å². The second-order valence-electron chi connectivity index (χ2n) is 7.85. The highest BCUT2D eigenvalue weighted by atomic mass is 32.1. The van der Waals surface area contributed by atoms with Gasteiger partial charge in [-0.2, -0.15) is 0 Å². The first-order chi connectivity index (χ1) is 14.5. The molecule has 3 rings (SSSR count). The number of rotatable bonds is 11. The van der Waals surface area contributed by atoms with Crippen molar-refractivity contribution in [3.63, 3.8) is 0 Å². The van der Waals surface area contributed by atoms with E-state index >= 15 is 0 Å². The lowest BCUT2D eigenvalue weighted by Crippen LogP contribution is -2.33. The van der Waals surface area contributed by atoms with Gasteiger partial charge in [-0.05, 0) is 62.4 Å². The van der Waals surface area contributed by atoms with Crippen molar-refractivity contribution in [1.29, 1.82) is 0 Å². The summed E-state index contributed by atoms with van der Waals surface area (Å²) in [6.07, 6.45) is 5.77. The summed E-state index contributed by atoms with van der Waals surface area (Å²) in [6, 6.07) is 11.5. The summed E-state index contributed by atoms with van der Waals surface area (Å²) in [5, 5.41) is 10.3. The SMILES string of the molecule is CCCCC[C@@H](O)c1ccc(N2C(=O)CO[C@@H]2CCCc2ccc(C(C)=O)s2)cc1. The molecule has 1 aromatic carbocycles. The average Bonchev–Trinajstić information content (AvgIpc) is 3.35. The number of hydrogen-bond donors (Lipinski definition) is 1. The summed E-state index contributed by atoms with van der Waals surface area (Å²) in [4.78, 5) is 27.5. The molecule has 1 fully saturated rings. The number of benzene rings is 1. The maximum atomic E-state index is 12.4. The zero-order valence-corrected chi connectivity index (χ0v) is 18.6. The fourth-order valence-electron chi connectivity index (χ4n) is 3.76. The average molecular weight is 430 g/mol. The highest BCUT2D eigenvalue weighted by Crippen LogP contribution is 2.29. The standard InChI is InChI=1S/C24H31NO4S/c1-3-4-5-8-21(27)18-10-12-19(13-11-18)25-23(28)16-29-24(25)9-6-7-20-14-15-22(30-20)17(2)26/h10-15,21,24,27H,3-9,16H2,1-2H3/t21-,24-/m1/s1. The van der Waals surface area contributed by atoms with Crippen LogP contribution in [-0.2, 0) is 16.0 Å². The van der Waals surface area contributed by atoms with Crippen LogP contribution in [0.1, 0.15) is 78.6 Å².